The number of aromatic carboxylic acids is 1. The lowest BCUT2D eigenvalue weighted by Crippen LogP contribution is -2.32. The second kappa shape index (κ2) is 6.56. The summed E-state index contributed by atoms with van der Waals surface area (Å²) >= 11 is 0. The minimum absolute atomic E-state index is 0.0374. The van der Waals surface area contributed by atoms with Crippen molar-refractivity contribution in [2.75, 3.05) is 5.32 Å². The molecule has 1 fully saturated rings. The molecule has 1 saturated carbocycles. The van der Waals surface area contributed by atoms with Crippen LogP contribution in [0, 0.1) is 16.0 Å². The zero-order valence-electron chi connectivity index (χ0n) is 12.0. The van der Waals surface area contributed by atoms with Crippen molar-refractivity contribution in [1.82, 2.24) is 0 Å². The lowest BCUT2D eigenvalue weighted by molar-refractivity contribution is -0.384. The predicted octanol–water partition coefficient (Wildman–Crippen LogP) is 3.67. The molecule has 0 aromatic heterocycles. The van der Waals surface area contributed by atoms with Gasteiger partial charge in [0.25, 0.3) is 5.69 Å². The Bertz CT molecular complexity index is 544. The molecule has 0 heterocycles. The molecule has 0 aliphatic heterocycles. The Labute approximate surface area is 123 Å². The lowest BCUT2D eigenvalue weighted by atomic mass is 9.82. The molecule has 6 nitrogen and oxygen atoms in total. The Balaban J connectivity index is 2.26. The van der Waals surface area contributed by atoms with Crippen LogP contribution in [0.5, 0.6) is 0 Å². The topological polar surface area (TPSA) is 92.5 Å². The van der Waals surface area contributed by atoms with E-state index in [1.54, 1.807) is 0 Å². The minimum atomic E-state index is -1.15. The molecular weight excluding hydrogens is 272 g/mol. The van der Waals surface area contributed by atoms with E-state index in [1.165, 1.54) is 18.6 Å². The highest BCUT2D eigenvalue weighted by molar-refractivity contribution is 5.95. The van der Waals surface area contributed by atoms with Crippen molar-refractivity contribution in [3.05, 3.63) is 33.9 Å². The zero-order chi connectivity index (χ0) is 15.4. The SMILES string of the molecule is CCC1CCCCC1Nc1ccc([N+](=O)[O-])cc1C(=O)O. The molecule has 2 N–H and O–H groups in total. The summed E-state index contributed by atoms with van der Waals surface area (Å²) in [7, 11) is 0. The highest BCUT2D eigenvalue weighted by Crippen LogP contribution is 2.31. The van der Waals surface area contributed by atoms with Crippen molar-refractivity contribution in [3.63, 3.8) is 0 Å². The van der Waals surface area contributed by atoms with E-state index in [2.05, 4.69) is 12.2 Å². The number of non-ortho nitro benzene ring substituents is 1. The number of hydrogen-bond donors (Lipinski definition) is 2. The smallest absolute Gasteiger partial charge is 0.338 e. The maximum absolute atomic E-state index is 11.3. The maximum atomic E-state index is 11.3. The number of benzene rings is 1. The molecule has 2 atom stereocenters. The van der Waals surface area contributed by atoms with Gasteiger partial charge in [-0.05, 0) is 24.8 Å². The van der Waals surface area contributed by atoms with Gasteiger partial charge in [-0.3, -0.25) is 10.1 Å². The van der Waals surface area contributed by atoms with Crippen molar-refractivity contribution in [1.29, 1.82) is 0 Å². The van der Waals surface area contributed by atoms with Crippen LogP contribution in [0.25, 0.3) is 0 Å². The molecule has 1 aliphatic rings. The average Bonchev–Trinajstić information content (AvgIpc) is 2.47. The maximum Gasteiger partial charge on any atom is 0.338 e. The first-order valence-corrected chi connectivity index (χ1v) is 7.31. The third-order valence-electron chi connectivity index (χ3n) is 4.22. The van der Waals surface area contributed by atoms with E-state index in [0.29, 0.717) is 11.6 Å². The van der Waals surface area contributed by atoms with Crippen molar-refractivity contribution < 1.29 is 14.8 Å². The van der Waals surface area contributed by atoms with E-state index in [1.807, 2.05) is 0 Å². The second-order valence-electron chi connectivity index (χ2n) is 5.50. The first kappa shape index (κ1) is 15.3. The molecule has 1 aromatic carbocycles. The van der Waals surface area contributed by atoms with Gasteiger partial charge in [-0.15, -0.1) is 0 Å². The van der Waals surface area contributed by atoms with Gasteiger partial charge in [0.1, 0.15) is 0 Å². The molecule has 0 bridgehead atoms. The van der Waals surface area contributed by atoms with Crippen molar-refractivity contribution in [3.8, 4) is 0 Å². The van der Waals surface area contributed by atoms with E-state index in [9.17, 15) is 20.0 Å². The molecule has 2 rings (SSSR count). The Hall–Kier alpha value is -2.11. The number of nitro groups is 1. The Morgan fingerprint density at radius 2 is 2.14 bits per heavy atom. The Morgan fingerprint density at radius 1 is 1.43 bits per heavy atom. The van der Waals surface area contributed by atoms with Crippen molar-refractivity contribution >= 4 is 17.3 Å². The van der Waals surface area contributed by atoms with Crippen LogP contribution in [0.3, 0.4) is 0 Å². The summed E-state index contributed by atoms with van der Waals surface area (Å²) in [6.45, 7) is 2.14. The number of carboxylic acids is 1. The van der Waals surface area contributed by atoms with Gasteiger partial charge in [-0.1, -0.05) is 26.2 Å². The lowest BCUT2D eigenvalue weighted by Gasteiger charge is -2.32. The summed E-state index contributed by atoms with van der Waals surface area (Å²) in [5.41, 5.74) is 0.233. The van der Waals surface area contributed by atoms with Gasteiger partial charge in [0.15, 0.2) is 0 Å². The summed E-state index contributed by atoms with van der Waals surface area (Å²) in [6.07, 6.45) is 5.54. The summed E-state index contributed by atoms with van der Waals surface area (Å²) in [5, 5.41) is 23.3. The van der Waals surface area contributed by atoms with Crippen LogP contribution >= 0.6 is 0 Å². The Kier molecular flexibility index (Phi) is 4.77. The first-order chi connectivity index (χ1) is 10.0. The van der Waals surface area contributed by atoms with Crippen LogP contribution in [-0.4, -0.2) is 22.0 Å². The molecule has 1 aliphatic carbocycles. The van der Waals surface area contributed by atoms with Gasteiger partial charge in [0.2, 0.25) is 0 Å². The number of rotatable bonds is 5. The molecular formula is C15H20N2O4. The fourth-order valence-corrected chi connectivity index (χ4v) is 3.03. The van der Waals surface area contributed by atoms with Gasteiger partial charge in [0, 0.05) is 23.9 Å². The van der Waals surface area contributed by atoms with Gasteiger partial charge in [-0.25, -0.2) is 4.79 Å². The quantitative estimate of drug-likeness (QED) is 0.638. The molecule has 0 amide bonds. The third kappa shape index (κ3) is 3.51. The monoisotopic (exact) mass is 292 g/mol. The van der Waals surface area contributed by atoms with Crippen LogP contribution in [0.4, 0.5) is 11.4 Å². The number of anilines is 1. The summed E-state index contributed by atoms with van der Waals surface area (Å²) in [5.74, 6) is -0.624. The number of nitro benzene ring substituents is 1. The fraction of sp³-hybridized carbons (Fsp3) is 0.533. The van der Waals surface area contributed by atoms with Gasteiger partial charge in [0.05, 0.1) is 10.5 Å². The van der Waals surface area contributed by atoms with E-state index < -0.39 is 10.9 Å². The summed E-state index contributed by atoms with van der Waals surface area (Å²) in [6, 6.07) is 4.21. The van der Waals surface area contributed by atoms with Gasteiger partial charge >= 0.3 is 5.97 Å². The molecule has 0 radical (unpaired) electrons. The number of nitrogens with one attached hydrogen (secondary N) is 1. The third-order valence-corrected chi connectivity index (χ3v) is 4.22. The minimum Gasteiger partial charge on any atom is -0.478 e. The number of carbonyl (C=O) groups is 1. The Morgan fingerprint density at radius 3 is 2.76 bits per heavy atom. The summed E-state index contributed by atoms with van der Waals surface area (Å²) < 4.78 is 0. The predicted molar refractivity (Wildman–Crippen MR) is 79.7 cm³/mol. The van der Waals surface area contributed by atoms with Gasteiger partial charge in [-0.2, -0.15) is 0 Å². The largest absolute Gasteiger partial charge is 0.478 e. The number of nitrogens with zero attached hydrogens (tertiary/aromatic N) is 1. The summed E-state index contributed by atoms with van der Waals surface area (Å²) in [4.78, 5) is 21.5. The van der Waals surface area contributed by atoms with Crippen LogP contribution in [0.1, 0.15) is 49.4 Å². The van der Waals surface area contributed by atoms with Crippen molar-refractivity contribution in [2.45, 2.75) is 45.1 Å². The molecule has 0 saturated heterocycles. The highest BCUT2D eigenvalue weighted by Gasteiger charge is 2.25. The van der Waals surface area contributed by atoms with E-state index in [4.69, 9.17) is 0 Å². The second-order valence-corrected chi connectivity index (χ2v) is 5.50. The van der Waals surface area contributed by atoms with Crippen LogP contribution in [-0.2, 0) is 0 Å². The molecule has 2 unspecified atom stereocenters. The molecule has 21 heavy (non-hydrogen) atoms. The highest BCUT2D eigenvalue weighted by atomic mass is 16.6. The zero-order valence-corrected chi connectivity index (χ0v) is 12.0. The number of carboxylic acid groups (broad SMARTS) is 1. The van der Waals surface area contributed by atoms with Crippen LogP contribution < -0.4 is 5.32 Å². The molecule has 1 aromatic rings. The van der Waals surface area contributed by atoms with E-state index in [-0.39, 0.29) is 17.3 Å². The molecule has 6 heteroatoms. The average molecular weight is 292 g/mol. The van der Waals surface area contributed by atoms with Crippen molar-refractivity contribution in [2.24, 2.45) is 5.92 Å². The molecule has 114 valence electrons. The van der Waals surface area contributed by atoms with Gasteiger partial charge < -0.3 is 10.4 Å². The first-order valence-electron chi connectivity index (χ1n) is 7.31. The standard InChI is InChI=1S/C15H20N2O4/c1-2-10-5-3-4-6-13(10)16-14-8-7-11(17(20)21)9-12(14)15(18)19/h7-10,13,16H,2-6H2,1H3,(H,18,19). The number of hydrogen-bond acceptors (Lipinski definition) is 4. The van der Waals surface area contributed by atoms with E-state index >= 15 is 0 Å². The van der Waals surface area contributed by atoms with Crippen LogP contribution in [0.15, 0.2) is 18.2 Å². The fourth-order valence-electron chi connectivity index (χ4n) is 3.03. The van der Waals surface area contributed by atoms with E-state index in [0.717, 1.165) is 31.7 Å². The van der Waals surface area contributed by atoms with Crippen LogP contribution in [0.2, 0.25) is 0 Å². The normalized spacial score (nSPS) is 21.8. The molecule has 0 spiro atoms.